The van der Waals surface area contributed by atoms with Gasteiger partial charge in [-0.25, -0.2) is 21.6 Å². The maximum atomic E-state index is 11.7. The standard InChI is InChI=1S/C11H14O7S2/c1-18-11(13)10(12)7-4-5-8(19(2,14)15)9(6-7)20(3,16)17/h4-6,10,12H,1-3H3. The molecular weight excluding hydrogens is 308 g/mol. The molecule has 1 rings (SSSR count). The third kappa shape index (κ3) is 3.56. The molecule has 0 aromatic heterocycles. The fraction of sp³-hybridized carbons (Fsp3) is 0.364. The van der Waals surface area contributed by atoms with Crippen LogP contribution in [-0.2, 0) is 29.2 Å². The molecule has 0 aliphatic carbocycles. The number of aliphatic hydroxyl groups excluding tert-OH is 1. The minimum atomic E-state index is -3.85. The normalized spacial score (nSPS) is 13.8. The summed E-state index contributed by atoms with van der Waals surface area (Å²) in [5.74, 6) is -0.975. The Kier molecular flexibility index (Phi) is 4.57. The highest BCUT2D eigenvalue weighted by molar-refractivity contribution is 7.93. The summed E-state index contributed by atoms with van der Waals surface area (Å²) in [6.07, 6.45) is 0.0211. The summed E-state index contributed by atoms with van der Waals surface area (Å²) in [5.41, 5.74) is -0.0651. The maximum absolute atomic E-state index is 11.7. The van der Waals surface area contributed by atoms with Gasteiger partial charge in [-0.3, -0.25) is 0 Å². The van der Waals surface area contributed by atoms with Gasteiger partial charge in [0, 0.05) is 12.5 Å². The van der Waals surface area contributed by atoms with Crippen molar-refractivity contribution in [1.29, 1.82) is 0 Å². The lowest BCUT2D eigenvalue weighted by Crippen LogP contribution is -2.15. The quantitative estimate of drug-likeness (QED) is 0.757. The van der Waals surface area contributed by atoms with Crippen molar-refractivity contribution in [2.24, 2.45) is 0 Å². The largest absolute Gasteiger partial charge is 0.467 e. The van der Waals surface area contributed by atoms with Gasteiger partial charge in [-0.15, -0.1) is 0 Å². The van der Waals surface area contributed by atoms with Crippen molar-refractivity contribution in [2.75, 3.05) is 19.6 Å². The van der Waals surface area contributed by atoms with E-state index in [0.29, 0.717) is 0 Å². The summed E-state index contributed by atoms with van der Waals surface area (Å²) in [4.78, 5) is 10.4. The molecule has 0 bridgehead atoms. The van der Waals surface area contributed by atoms with Crippen LogP contribution < -0.4 is 0 Å². The van der Waals surface area contributed by atoms with Crippen molar-refractivity contribution >= 4 is 25.6 Å². The monoisotopic (exact) mass is 322 g/mol. The molecule has 0 saturated carbocycles. The second-order valence-electron chi connectivity index (χ2n) is 4.18. The molecule has 1 unspecified atom stereocenters. The molecule has 0 heterocycles. The predicted octanol–water partition coefficient (Wildman–Crippen LogP) is -0.300. The molecule has 20 heavy (non-hydrogen) atoms. The number of ether oxygens (including phenoxy) is 1. The molecule has 0 aliphatic heterocycles. The molecular formula is C11H14O7S2. The average molecular weight is 322 g/mol. The number of benzene rings is 1. The zero-order chi connectivity index (χ0) is 15.7. The van der Waals surface area contributed by atoms with Crippen LogP contribution in [-0.4, -0.2) is 47.5 Å². The first-order chi connectivity index (χ1) is 8.98. The Morgan fingerprint density at radius 3 is 2.00 bits per heavy atom. The lowest BCUT2D eigenvalue weighted by Gasteiger charge is -2.12. The molecule has 112 valence electrons. The summed E-state index contributed by atoms with van der Waals surface area (Å²) >= 11 is 0. The minimum absolute atomic E-state index is 0.0651. The second kappa shape index (κ2) is 5.51. The van der Waals surface area contributed by atoms with E-state index in [2.05, 4.69) is 4.74 Å². The van der Waals surface area contributed by atoms with E-state index in [0.717, 1.165) is 37.8 Å². The molecule has 0 spiro atoms. The number of sulfone groups is 2. The van der Waals surface area contributed by atoms with Crippen LogP contribution in [0.25, 0.3) is 0 Å². The third-order valence-corrected chi connectivity index (χ3v) is 4.93. The van der Waals surface area contributed by atoms with Crippen molar-refractivity contribution in [1.82, 2.24) is 0 Å². The number of hydrogen-bond acceptors (Lipinski definition) is 7. The molecule has 1 aromatic rings. The van der Waals surface area contributed by atoms with Crippen LogP contribution in [0.15, 0.2) is 28.0 Å². The van der Waals surface area contributed by atoms with Gasteiger partial charge >= 0.3 is 5.97 Å². The minimum Gasteiger partial charge on any atom is -0.467 e. The van der Waals surface area contributed by atoms with E-state index in [1.54, 1.807) is 0 Å². The Hall–Kier alpha value is -1.45. The van der Waals surface area contributed by atoms with Gasteiger partial charge in [-0.2, -0.15) is 0 Å². The van der Waals surface area contributed by atoms with E-state index < -0.39 is 36.6 Å². The van der Waals surface area contributed by atoms with Crippen molar-refractivity contribution in [2.45, 2.75) is 15.9 Å². The number of methoxy groups -OCH3 is 1. The van der Waals surface area contributed by atoms with Gasteiger partial charge < -0.3 is 9.84 Å². The first-order valence-electron chi connectivity index (χ1n) is 5.28. The van der Waals surface area contributed by atoms with Crippen LogP contribution in [0.5, 0.6) is 0 Å². The molecule has 1 N–H and O–H groups in total. The van der Waals surface area contributed by atoms with E-state index >= 15 is 0 Å². The Morgan fingerprint density at radius 1 is 1.10 bits per heavy atom. The van der Waals surface area contributed by atoms with Crippen molar-refractivity contribution < 1.29 is 31.5 Å². The van der Waals surface area contributed by atoms with Crippen molar-refractivity contribution in [3.8, 4) is 0 Å². The maximum Gasteiger partial charge on any atom is 0.339 e. The lowest BCUT2D eigenvalue weighted by molar-refractivity contribution is -0.150. The first kappa shape index (κ1) is 16.6. The zero-order valence-electron chi connectivity index (χ0n) is 11.0. The fourth-order valence-electron chi connectivity index (χ4n) is 1.54. The topological polar surface area (TPSA) is 115 Å². The lowest BCUT2D eigenvalue weighted by atomic mass is 10.1. The summed E-state index contributed by atoms with van der Waals surface area (Å²) in [6, 6.07) is 3.15. The van der Waals surface area contributed by atoms with Crippen LogP contribution in [0.3, 0.4) is 0 Å². The Labute approximate surface area is 117 Å². The van der Waals surface area contributed by atoms with Gasteiger partial charge in [0.25, 0.3) is 0 Å². The smallest absolute Gasteiger partial charge is 0.339 e. The van der Waals surface area contributed by atoms with Gasteiger partial charge in [0.1, 0.15) is 0 Å². The highest BCUT2D eigenvalue weighted by Gasteiger charge is 2.25. The van der Waals surface area contributed by atoms with Crippen molar-refractivity contribution in [3.05, 3.63) is 23.8 Å². The molecule has 9 heteroatoms. The van der Waals surface area contributed by atoms with E-state index in [1.165, 1.54) is 0 Å². The predicted molar refractivity (Wildman–Crippen MR) is 69.6 cm³/mol. The molecule has 0 saturated heterocycles. The second-order valence-corrected chi connectivity index (χ2v) is 8.14. The molecule has 1 atom stereocenters. The fourth-order valence-corrected chi connectivity index (χ4v) is 3.97. The van der Waals surface area contributed by atoms with E-state index in [-0.39, 0.29) is 10.5 Å². The van der Waals surface area contributed by atoms with Gasteiger partial charge in [0.15, 0.2) is 25.8 Å². The Morgan fingerprint density at radius 2 is 1.60 bits per heavy atom. The van der Waals surface area contributed by atoms with Crippen LogP contribution in [0.4, 0.5) is 0 Å². The van der Waals surface area contributed by atoms with Gasteiger partial charge in [-0.1, -0.05) is 6.07 Å². The molecule has 0 aliphatic rings. The average Bonchev–Trinajstić information content (AvgIpc) is 2.34. The van der Waals surface area contributed by atoms with Crippen molar-refractivity contribution in [3.63, 3.8) is 0 Å². The number of esters is 1. The van der Waals surface area contributed by atoms with Crippen LogP contribution in [0, 0.1) is 0 Å². The zero-order valence-corrected chi connectivity index (χ0v) is 12.7. The van der Waals surface area contributed by atoms with Crippen LogP contribution in [0.1, 0.15) is 11.7 Å². The third-order valence-electron chi connectivity index (χ3n) is 2.51. The Bertz CT molecular complexity index is 732. The van der Waals surface area contributed by atoms with Crippen LogP contribution in [0.2, 0.25) is 0 Å². The molecule has 1 aromatic carbocycles. The highest BCUT2D eigenvalue weighted by Crippen LogP contribution is 2.25. The van der Waals surface area contributed by atoms with E-state index in [4.69, 9.17) is 0 Å². The molecule has 7 nitrogen and oxygen atoms in total. The SMILES string of the molecule is COC(=O)C(O)c1ccc(S(C)(=O)=O)c(S(C)(=O)=O)c1. The number of aliphatic hydroxyl groups is 1. The number of carbonyl (C=O) groups excluding carboxylic acids is 1. The summed E-state index contributed by atoms with van der Waals surface area (Å²) in [6.45, 7) is 0. The van der Waals surface area contributed by atoms with E-state index in [1.807, 2.05) is 0 Å². The van der Waals surface area contributed by atoms with Gasteiger partial charge in [0.05, 0.1) is 16.9 Å². The summed E-state index contributed by atoms with van der Waals surface area (Å²) in [5, 5.41) is 9.65. The Balaban J connectivity index is 3.56. The molecule has 0 amide bonds. The molecule has 0 fully saturated rings. The first-order valence-corrected chi connectivity index (χ1v) is 9.06. The van der Waals surface area contributed by atoms with Crippen LogP contribution >= 0.6 is 0 Å². The van der Waals surface area contributed by atoms with E-state index in [9.17, 15) is 26.7 Å². The molecule has 0 radical (unpaired) electrons. The number of rotatable bonds is 4. The number of hydrogen-bond donors (Lipinski definition) is 1. The summed E-state index contributed by atoms with van der Waals surface area (Å²) in [7, 11) is -6.55. The highest BCUT2D eigenvalue weighted by atomic mass is 32.2. The van der Waals surface area contributed by atoms with Gasteiger partial charge in [0.2, 0.25) is 0 Å². The van der Waals surface area contributed by atoms with Gasteiger partial charge in [-0.05, 0) is 17.7 Å². The number of carbonyl (C=O) groups is 1. The summed E-state index contributed by atoms with van der Waals surface area (Å²) < 4.78 is 50.7.